The predicted octanol–water partition coefficient (Wildman–Crippen LogP) is 2.43. The Morgan fingerprint density at radius 3 is 2.71 bits per heavy atom. The zero-order valence-electron chi connectivity index (χ0n) is 14.7. The molecule has 1 aliphatic carbocycles. The molecule has 2 fully saturated rings. The molecule has 1 saturated carbocycles. The maximum Gasteiger partial charge on any atom is 0.282 e. The van der Waals surface area contributed by atoms with Crippen molar-refractivity contribution in [2.75, 3.05) is 25.5 Å². The zero-order chi connectivity index (χ0) is 20.3. The Morgan fingerprint density at radius 1 is 1.36 bits per heavy atom. The number of rotatable bonds is 4. The summed E-state index contributed by atoms with van der Waals surface area (Å²) in [5.41, 5.74) is 10.4. The highest BCUT2D eigenvalue weighted by Crippen LogP contribution is 2.66. The smallest absolute Gasteiger partial charge is 0.282 e. The van der Waals surface area contributed by atoms with Crippen LogP contribution in [0.1, 0.15) is 12.0 Å². The Hall–Kier alpha value is -2.23. The van der Waals surface area contributed by atoms with Gasteiger partial charge in [0, 0.05) is 28.0 Å². The van der Waals surface area contributed by atoms with E-state index in [-0.39, 0.29) is 16.4 Å². The summed E-state index contributed by atoms with van der Waals surface area (Å²) < 4.78 is 53.9. The molecule has 3 aliphatic rings. The first-order valence-electron chi connectivity index (χ1n) is 8.63. The Morgan fingerprint density at radius 2 is 2.07 bits per heavy atom. The second-order valence-corrected chi connectivity index (χ2v) is 8.83. The number of hydrogen-bond donors (Lipinski definition) is 2. The van der Waals surface area contributed by atoms with Crippen molar-refractivity contribution < 1.29 is 22.4 Å². The number of nitrogen functional groups attached to an aromatic ring is 1. The van der Waals surface area contributed by atoms with Crippen LogP contribution in [0.25, 0.3) is 0 Å². The van der Waals surface area contributed by atoms with E-state index in [4.69, 9.17) is 11.5 Å². The number of carbonyl (C=O) groups excluding carboxylic acids is 1. The number of anilines is 1. The number of likely N-dealkylation sites (tertiary alicyclic amines) is 1. The predicted molar refractivity (Wildman–Crippen MR) is 99.2 cm³/mol. The van der Waals surface area contributed by atoms with E-state index in [9.17, 15) is 22.4 Å². The van der Waals surface area contributed by atoms with E-state index >= 15 is 0 Å². The number of halogens is 4. The molecule has 0 bridgehead atoms. The van der Waals surface area contributed by atoms with Crippen molar-refractivity contribution in [3.05, 3.63) is 41.7 Å². The van der Waals surface area contributed by atoms with Crippen LogP contribution in [0.5, 0.6) is 0 Å². The third kappa shape index (κ3) is 2.94. The quantitative estimate of drug-likeness (QED) is 0.450. The van der Waals surface area contributed by atoms with E-state index in [2.05, 4.69) is 4.99 Å². The first-order valence-corrected chi connectivity index (χ1v) is 9.44. The van der Waals surface area contributed by atoms with Crippen LogP contribution in [0.15, 0.2) is 35.3 Å². The Bertz CT molecular complexity index is 900. The SMILES string of the molecule is NC1=N[C@](CF)(c2cc(N)ccc2F)C2C[C@]2(/C=C/C(=O)N2CC(F)(F)C2)S1. The van der Waals surface area contributed by atoms with Crippen molar-refractivity contribution in [3.8, 4) is 0 Å². The van der Waals surface area contributed by atoms with Crippen LogP contribution in [0, 0.1) is 11.7 Å². The minimum atomic E-state index is -2.85. The van der Waals surface area contributed by atoms with Crippen molar-refractivity contribution in [3.63, 3.8) is 0 Å². The third-order valence-electron chi connectivity index (χ3n) is 5.46. The van der Waals surface area contributed by atoms with Crippen molar-refractivity contribution >= 4 is 28.5 Å². The van der Waals surface area contributed by atoms with E-state index in [0.717, 1.165) is 11.0 Å². The maximum absolute atomic E-state index is 14.5. The van der Waals surface area contributed by atoms with Gasteiger partial charge in [-0.2, -0.15) is 0 Å². The van der Waals surface area contributed by atoms with Crippen LogP contribution in [0.3, 0.4) is 0 Å². The summed E-state index contributed by atoms with van der Waals surface area (Å²) in [4.78, 5) is 17.3. The van der Waals surface area contributed by atoms with E-state index < -0.39 is 53.6 Å². The number of carbonyl (C=O) groups is 1. The zero-order valence-corrected chi connectivity index (χ0v) is 15.5. The van der Waals surface area contributed by atoms with Crippen molar-refractivity contribution in [2.24, 2.45) is 16.6 Å². The molecule has 1 aromatic carbocycles. The third-order valence-corrected chi connectivity index (χ3v) is 6.73. The monoisotopic (exact) mass is 414 g/mol. The molecule has 3 atom stereocenters. The number of nitrogens with two attached hydrogens (primary N) is 2. The molecule has 1 unspecified atom stereocenters. The van der Waals surface area contributed by atoms with Gasteiger partial charge in [-0.1, -0.05) is 17.8 Å². The molecule has 4 N–H and O–H groups in total. The summed E-state index contributed by atoms with van der Waals surface area (Å²) in [6.45, 7) is -2.22. The van der Waals surface area contributed by atoms with Crippen LogP contribution in [0.4, 0.5) is 23.2 Å². The number of amides is 1. The molecular formula is C18H18F4N4OS. The Labute approximate surface area is 162 Å². The number of benzene rings is 1. The highest BCUT2D eigenvalue weighted by Gasteiger charge is 2.67. The summed E-state index contributed by atoms with van der Waals surface area (Å²) in [6, 6.07) is 3.88. The fourth-order valence-corrected chi connectivity index (χ4v) is 5.28. The molecule has 2 aliphatic heterocycles. The Kier molecular flexibility index (Phi) is 4.18. The lowest BCUT2D eigenvalue weighted by molar-refractivity contribution is -0.160. The molecular weight excluding hydrogens is 396 g/mol. The fourth-order valence-electron chi connectivity index (χ4n) is 3.96. The fraction of sp³-hybridized carbons (Fsp3) is 0.444. The second kappa shape index (κ2) is 6.13. The molecule has 1 saturated heterocycles. The number of alkyl halides is 3. The van der Waals surface area contributed by atoms with Gasteiger partial charge in [0.05, 0.1) is 13.1 Å². The molecule has 0 spiro atoms. The number of nitrogens with zero attached hydrogens (tertiary/aromatic N) is 2. The van der Waals surface area contributed by atoms with E-state index in [1.807, 2.05) is 0 Å². The minimum Gasteiger partial charge on any atom is -0.399 e. The number of aliphatic imine (C=N–C) groups is 1. The molecule has 5 nitrogen and oxygen atoms in total. The normalized spacial score (nSPS) is 33.2. The average molecular weight is 414 g/mol. The van der Waals surface area contributed by atoms with Crippen LogP contribution in [-0.4, -0.2) is 46.4 Å². The van der Waals surface area contributed by atoms with Gasteiger partial charge in [0.25, 0.3) is 5.92 Å². The number of fused-ring (bicyclic) bond motifs is 1. The molecule has 1 amide bonds. The molecule has 2 heterocycles. The van der Waals surface area contributed by atoms with Crippen molar-refractivity contribution in [1.29, 1.82) is 0 Å². The van der Waals surface area contributed by atoms with Crippen molar-refractivity contribution in [2.45, 2.75) is 22.6 Å². The molecule has 0 radical (unpaired) electrons. The van der Waals surface area contributed by atoms with Gasteiger partial charge in [-0.15, -0.1) is 0 Å². The number of thioether (sulfide) groups is 1. The first kappa shape index (κ1) is 19.1. The van der Waals surface area contributed by atoms with Crippen LogP contribution < -0.4 is 11.5 Å². The standard InChI is InChI=1S/C18H18F4N4OS/c19-7-18(11-5-10(23)1-2-12(11)20)13-6-16(13,28-15(24)25-18)4-3-14(27)26-8-17(21,22)9-26/h1-5,13H,6-9,23H2,(H2,24,25)/b4-3+/t13?,16-,18+/m0/s1. The molecule has 28 heavy (non-hydrogen) atoms. The highest BCUT2D eigenvalue weighted by atomic mass is 32.2. The van der Waals surface area contributed by atoms with E-state index in [0.29, 0.717) is 6.42 Å². The summed E-state index contributed by atoms with van der Waals surface area (Å²) in [6.07, 6.45) is 3.18. The highest BCUT2D eigenvalue weighted by molar-refractivity contribution is 8.15. The first-order chi connectivity index (χ1) is 13.1. The lowest BCUT2D eigenvalue weighted by Gasteiger charge is -2.38. The summed E-state index contributed by atoms with van der Waals surface area (Å²) in [5, 5.41) is 0.0702. The van der Waals surface area contributed by atoms with Gasteiger partial charge in [0.15, 0.2) is 5.17 Å². The van der Waals surface area contributed by atoms with Gasteiger partial charge in [0.1, 0.15) is 18.0 Å². The van der Waals surface area contributed by atoms with Crippen LogP contribution in [-0.2, 0) is 10.3 Å². The molecule has 4 rings (SSSR count). The number of amidine groups is 1. The van der Waals surface area contributed by atoms with Gasteiger partial charge in [-0.05, 0) is 24.6 Å². The van der Waals surface area contributed by atoms with Gasteiger partial charge < -0.3 is 16.4 Å². The summed E-state index contributed by atoms with van der Waals surface area (Å²) >= 11 is 1.17. The van der Waals surface area contributed by atoms with E-state index in [1.54, 1.807) is 6.08 Å². The molecule has 0 aromatic heterocycles. The molecule has 10 heteroatoms. The lowest BCUT2D eigenvalue weighted by atomic mass is 9.84. The Balaban J connectivity index is 1.62. The molecule has 150 valence electrons. The largest absolute Gasteiger partial charge is 0.399 e. The van der Waals surface area contributed by atoms with Crippen LogP contribution >= 0.6 is 11.8 Å². The maximum atomic E-state index is 14.5. The number of hydrogen-bond acceptors (Lipinski definition) is 5. The lowest BCUT2D eigenvalue weighted by Crippen LogP contribution is -2.58. The van der Waals surface area contributed by atoms with Gasteiger partial charge in [-0.3, -0.25) is 4.79 Å². The van der Waals surface area contributed by atoms with Crippen molar-refractivity contribution in [1.82, 2.24) is 4.90 Å². The van der Waals surface area contributed by atoms with Gasteiger partial charge in [-0.25, -0.2) is 22.6 Å². The second-order valence-electron chi connectivity index (χ2n) is 7.44. The average Bonchev–Trinajstić information content (AvgIpc) is 3.34. The minimum absolute atomic E-state index is 0.0206. The van der Waals surface area contributed by atoms with Gasteiger partial charge >= 0.3 is 0 Å². The molecule has 1 aromatic rings. The van der Waals surface area contributed by atoms with Gasteiger partial charge in [0.2, 0.25) is 5.91 Å². The van der Waals surface area contributed by atoms with E-state index in [1.165, 1.54) is 30.0 Å². The summed E-state index contributed by atoms with van der Waals surface area (Å²) in [7, 11) is 0. The summed E-state index contributed by atoms with van der Waals surface area (Å²) in [5.74, 6) is -4.48. The van der Waals surface area contributed by atoms with Crippen LogP contribution in [0.2, 0.25) is 0 Å². The topological polar surface area (TPSA) is 84.7 Å².